The van der Waals surface area contributed by atoms with Gasteiger partial charge in [-0.25, -0.2) is 9.97 Å². The van der Waals surface area contributed by atoms with Crippen LogP contribution in [0.2, 0.25) is 0 Å². The lowest BCUT2D eigenvalue weighted by molar-refractivity contribution is 1.17. The first-order valence-corrected chi connectivity index (χ1v) is 15.8. The topological polar surface area (TPSA) is 43.6 Å². The lowest BCUT2D eigenvalue weighted by Crippen LogP contribution is -1.97. The standard InChI is InChI=1S/C43H28N4/c1-2-10-30(11-3-1)38-28-39(31-23-25-34(26-24-31)47-40-17-6-4-14-36(40)37-15-5-7-18-41(37)47)46-43(45-38)33-21-19-29(20-22-33)35-16-8-12-32-13-9-27-44-42(32)35/h1-28H. The quantitative estimate of drug-likeness (QED) is 0.197. The molecule has 9 rings (SSSR count). The number of pyridine rings is 1. The molecule has 4 nitrogen and oxygen atoms in total. The van der Waals surface area contributed by atoms with E-state index in [9.17, 15) is 0 Å². The SMILES string of the molecule is c1ccc(-c2cc(-c3ccc(-n4c5ccccc5c5ccccc54)cc3)nc(-c3ccc(-c4cccc5cccnc45)cc3)n2)cc1. The largest absolute Gasteiger partial charge is 0.309 e. The van der Waals surface area contributed by atoms with Crippen molar-refractivity contribution in [3.63, 3.8) is 0 Å². The van der Waals surface area contributed by atoms with Gasteiger partial charge in [-0.1, -0.05) is 127 Å². The Morgan fingerprint density at radius 1 is 0.426 bits per heavy atom. The van der Waals surface area contributed by atoms with Crippen molar-refractivity contribution in [2.75, 3.05) is 0 Å². The average Bonchev–Trinajstić information content (AvgIpc) is 3.49. The van der Waals surface area contributed by atoms with E-state index in [2.05, 4.69) is 149 Å². The zero-order valence-corrected chi connectivity index (χ0v) is 25.5. The zero-order valence-electron chi connectivity index (χ0n) is 25.5. The molecule has 0 fully saturated rings. The third kappa shape index (κ3) is 4.75. The van der Waals surface area contributed by atoms with Gasteiger partial charge in [0.25, 0.3) is 0 Å². The van der Waals surface area contributed by atoms with E-state index >= 15 is 0 Å². The highest BCUT2D eigenvalue weighted by atomic mass is 15.0. The van der Waals surface area contributed by atoms with Gasteiger partial charge in [-0.15, -0.1) is 0 Å². The minimum Gasteiger partial charge on any atom is -0.309 e. The van der Waals surface area contributed by atoms with E-state index in [0.717, 1.165) is 55.8 Å². The van der Waals surface area contributed by atoms with E-state index < -0.39 is 0 Å². The van der Waals surface area contributed by atoms with Gasteiger partial charge in [-0.3, -0.25) is 4.98 Å². The average molecular weight is 601 g/mol. The van der Waals surface area contributed by atoms with Crippen molar-refractivity contribution in [3.05, 3.63) is 170 Å². The van der Waals surface area contributed by atoms with E-state index in [1.54, 1.807) is 0 Å². The molecule has 47 heavy (non-hydrogen) atoms. The first-order chi connectivity index (χ1) is 23.3. The van der Waals surface area contributed by atoms with Crippen LogP contribution >= 0.6 is 0 Å². The number of rotatable bonds is 5. The molecule has 0 amide bonds. The fourth-order valence-corrected chi connectivity index (χ4v) is 6.60. The normalized spacial score (nSPS) is 11.4. The maximum atomic E-state index is 5.11. The summed E-state index contributed by atoms with van der Waals surface area (Å²) in [5.41, 5.74) is 11.5. The summed E-state index contributed by atoms with van der Waals surface area (Å²) in [6, 6.07) is 57.1. The molecule has 0 bridgehead atoms. The third-order valence-electron chi connectivity index (χ3n) is 8.88. The summed E-state index contributed by atoms with van der Waals surface area (Å²) in [7, 11) is 0. The Hall–Kier alpha value is -6.39. The zero-order chi connectivity index (χ0) is 31.2. The summed E-state index contributed by atoms with van der Waals surface area (Å²) < 4.78 is 2.34. The molecule has 0 aliphatic rings. The van der Waals surface area contributed by atoms with Crippen molar-refractivity contribution < 1.29 is 0 Å². The molecule has 0 N–H and O–H groups in total. The van der Waals surface area contributed by atoms with Crippen LogP contribution in [0.3, 0.4) is 0 Å². The van der Waals surface area contributed by atoms with Gasteiger partial charge in [0, 0.05) is 50.3 Å². The summed E-state index contributed by atoms with van der Waals surface area (Å²) in [6.45, 7) is 0. The number of para-hydroxylation sites is 3. The first-order valence-electron chi connectivity index (χ1n) is 15.8. The summed E-state index contributed by atoms with van der Waals surface area (Å²) in [6.07, 6.45) is 1.85. The van der Waals surface area contributed by atoms with Gasteiger partial charge < -0.3 is 4.57 Å². The molecule has 0 spiro atoms. The molecule has 0 saturated heterocycles. The Morgan fingerprint density at radius 2 is 1.00 bits per heavy atom. The molecular weight excluding hydrogens is 573 g/mol. The van der Waals surface area contributed by atoms with Gasteiger partial charge in [-0.05, 0) is 42.0 Å². The molecule has 0 radical (unpaired) electrons. The highest BCUT2D eigenvalue weighted by Crippen LogP contribution is 2.34. The molecule has 0 aliphatic heterocycles. The number of aromatic nitrogens is 4. The maximum absolute atomic E-state index is 5.11. The molecule has 6 aromatic carbocycles. The minimum atomic E-state index is 0.690. The Kier molecular flexibility index (Phi) is 6.43. The van der Waals surface area contributed by atoms with Crippen molar-refractivity contribution in [1.82, 2.24) is 19.5 Å². The van der Waals surface area contributed by atoms with Crippen LogP contribution in [-0.2, 0) is 0 Å². The monoisotopic (exact) mass is 600 g/mol. The number of fused-ring (bicyclic) bond motifs is 4. The Bertz CT molecular complexity index is 2490. The predicted molar refractivity (Wildman–Crippen MR) is 193 cm³/mol. The molecule has 4 heteroatoms. The number of hydrogen-bond acceptors (Lipinski definition) is 3. The maximum Gasteiger partial charge on any atom is 0.160 e. The lowest BCUT2D eigenvalue weighted by atomic mass is 10.0. The molecule has 3 aromatic heterocycles. The predicted octanol–water partition coefficient (Wildman–Crippen LogP) is 10.8. The summed E-state index contributed by atoms with van der Waals surface area (Å²) >= 11 is 0. The Morgan fingerprint density at radius 3 is 1.70 bits per heavy atom. The molecular formula is C43H28N4. The molecule has 0 unspecified atom stereocenters. The first kappa shape index (κ1) is 27.0. The molecule has 9 aromatic rings. The fourth-order valence-electron chi connectivity index (χ4n) is 6.60. The summed E-state index contributed by atoms with van der Waals surface area (Å²) in [5.74, 6) is 0.690. The van der Waals surface area contributed by atoms with Crippen LogP contribution in [0.4, 0.5) is 0 Å². The van der Waals surface area contributed by atoms with Crippen molar-refractivity contribution in [2.45, 2.75) is 0 Å². The highest BCUT2D eigenvalue weighted by molar-refractivity contribution is 6.09. The van der Waals surface area contributed by atoms with Crippen LogP contribution in [0.1, 0.15) is 0 Å². The van der Waals surface area contributed by atoms with E-state index in [1.165, 1.54) is 21.8 Å². The van der Waals surface area contributed by atoms with Gasteiger partial charge in [-0.2, -0.15) is 0 Å². The van der Waals surface area contributed by atoms with Gasteiger partial charge in [0.2, 0.25) is 0 Å². The van der Waals surface area contributed by atoms with Crippen LogP contribution in [0.5, 0.6) is 0 Å². The summed E-state index contributed by atoms with van der Waals surface area (Å²) in [5, 5.41) is 3.63. The molecule has 220 valence electrons. The van der Waals surface area contributed by atoms with E-state index in [1.807, 2.05) is 30.5 Å². The molecule has 3 heterocycles. The van der Waals surface area contributed by atoms with E-state index in [-0.39, 0.29) is 0 Å². The minimum absolute atomic E-state index is 0.690. The lowest BCUT2D eigenvalue weighted by Gasteiger charge is -2.12. The number of hydrogen-bond donors (Lipinski definition) is 0. The van der Waals surface area contributed by atoms with E-state index in [0.29, 0.717) is 5.82 Å². The van der Waals surface area contributed by atoms with Gasteiger partial charge in [0.15, 0.2) is 5.82 Å². The molecule has 0 atom stereocenters. The van der Waals surface area contributed by atoms with Crippen molar-refractivity contribution in [1.29, 1.82) is 0 Å². The Labute approximate surface area is 272 Å². The third-order valence-corrected chi connectivity index (χ3v) is 8.88. The van der Waals surface area contributed by atoms with Crippen LogP contribution in [0.15, 0.2) is 170 Å². The second-order valence-corrected chi connectivity index (χ2v) is 11.7. The van der Waals surface area contributed by atoms with Crippen LogP contribution < -0.4 is 0 Å². The van der Waals surface area contributed by atoms with Crippen LogP contribution in [0, 0.1) is 0 Å². The van der Waals surface area contributed by atoms with Crippen molar-refractivity contribution in [3.8, 4) is 50.7 Å². The summed E-state index contributed by atoms with van der Waals surface area (Å²) in [4.78, 5) is 14.8. The van der Waals surface area contributed by atoms with Crippen molar-refractivity contribution >= 4 is 32.7 Å². The molecule has 0 saturated carbocycles. The van der Waals surface area contributed by atoms with E-state index in [4.69, 9.17) is 9.97 Å². The van der Waals surface area contributed by atoms with Gasteiger partial charge in [0.05, 0.1) is 27.9 Å². The van der Waals surface area contributed by atoms with Crippen molar-refractivity contribution in [2.24, 2.45) is 0 Å². The number of nitrogens with zero attached hydrogens (tertiary/aromatic N) is 4. The Balaban J connectivity index is 1.13. The van der Waals surface area contributed by atoms with Crippen LogP contribution in [-0.4, -0.2) is 19.5 Å². The van der Waals surface area contributed by atoms with Crippen LogP contribution in [0.25, 0.3) is 83.4 Å². The fraction of sp³-hybridized carbons (Fsp3) is 0. The number of benzene rings is 6. The highest BCUT2D eigenvalue weighted by Gasteiger charge is 2.14. The molecule has 0 aliphatic carbocycles. The smallest absolute Gasteiger partial charge is 0.160 e. The van der Waals surface area contributed by atoms with Gasteiger partial charge >= 0.3 is 0 Å². The second-order valence-electron chi connectivity index (χ2n) is 11.7. The van der Waals surface area contributed by atoms with Gasteiger partial charge in [0.1, 0.15) is 0 Å². The second kappa shape index (κ2) is 11.2.